The summed E-state index contributed by atoms with van der Waals surface area (Å²) in [5.41, 5.74) is -0.0115. The summed E-state index contributed by atoms with van der Waals surface area (Å²) in [5.74, 6) is 0.310. The van der Waals surface area contributed by atoms with Gasteiger partial charge in [-0.2, -0.15) is 13.5 Å². The van der Waals surface area contributed by atoms with E-state index < -0.39 is 27.9 Å². The summed E-state index contributed by atoms with van der Waals surface area (Å²) in [6, 6.07) is 1.82. The molecular formula is C14H23N3O5S. The van der Waals surface area contributed by atoms with Crippen molar-refractivity contribution in [3.05, 3.63) is 11.8 Å². The van der Waals surface area contributed by atoms with Crippen molar-refractivity contribution in [1.82, 2.24) is 9.78 Å². The van der Waals surface area contributed by atoms with E-state index in [-0.39, 0.29) is 6.04 Å². The molecular weight excluding hydrogens is 322 g/mol. The summed E-state index contributed by atoms with van der Waals surface area (Å²) in [4.78, 5) is 11.8. The normalized spacial score (nSPS) is 16.9. The molecule has 0 aromatic carbocycles. The minimum absolute atomic E-state index is 0.213. The van der Waals surface area contributed by atoms with Crippen molar-refractivity contribution in [3.8, 4) is 0 Å². The fourth-order valence-corrected chi connectivity index (χ4v) is 2.73. The summed E-state index contributed by atoms with van der Waals surface area (Å²) in [7, 11) is -3.58. The lowest BCUT2D eigenvalue weighted by Gasteiger charge is -2.19. The lowest BCUT2D eigenvalue weighted by molar-refractivity contribution is 0.0635. The average Bonchev–Trinajstić information content (AvgIpc) is 3.06. The van der Waals surface area contributed by atoms with Crippen LogP contribution in [-0.4, -0.2) is 36.1 Å². The molecule has 1 N–H and O–H groups in total. The molecule has 1 unspecified atom stereocenters. The van der Waals surface area contributed by atoms with E-state index in [9.17, 15) is 13.2 Å². The van der Waals surface area contributed by atoms with Crippen LogP contribution >= 0.6 is 0 Å². The van der Waals surface area contributed by atoms with E-state index in [0.717, 1.165) is 19.1 Å². The SMILES string of the molecule is CC(OS(C)(=O)=O)c1cc(NC(=O)OC(C)(C)C)nn1C1CC1. The lowest BCUT2D eigenvalue weighted by Crippen LogP contribution is -2.27. The van der Waals surface area contributed by atoms with Crippen molar-refractivity contribution in [2.75, 3.05) is 11.6 Å². The quantitative estimate of drug-likeness (QED) is 0.824. The van der Waals surface area contributed by atoms with E-state index in [0.29, 0.717) is 11.5 Å². The molecule has 9 heteroatoms. The first-order valence-electron chi connectivity index (χ1n) is 7.42. The van der Waals surface area contributed by atoms with Crippen molar-refractivity contribution in [2.24, 2.45) is 0 Å². The van der Waals surface area contributed by atoms with Gasteiger partial charge in [0.05, 0.1) is 18.0 Å². The number of hydrogen-bond acceptors (Lipinski definition) is 6. The highest BCUT2D eigenvalue weighted by atomic mass is 32.2. The van der Waals surface area contributed by atoms with E-state index in [1.807, 2.05) is 0 Å². The average molecular weight is 345 g/mol. The van der Waals surface area contributed by atoms with Crippen molar-refractivity contribution in [1.29, 1.82) is 0 Å². The maximum absolute atomic E-state index is 11.8. The van der Waals surface area contributed by atoms with Gasteiger partial charge in [0, 0.05) is 6.07 Å². The van der Waals surface area contributed by atoms with Gasteiger partial charge in [-0.1, -0.05) is 0 Å². The molecule has 1 amide bonds. The Morgan fingerprint density at radius 3 is 2.52 bits per heavy atom. The Kier molecular flexibility index (Phi) is 4.72. The molecule has 0 spiro atoms. The van der Waals surface area contributed by atoms with Crippen LogP contribution in [0.15, 0.2) is 6.07 Å². The number of aromatic nitrogens is 2. The molecule has 0 radical (unpaired) electrons. The second-order valence-corrected chi connectivity index (χ2v) is 8.30. The Morgan fingerprint density at radius 2 is 2.04 bits per heavy atom. The molecule has 1 aromatic rings. The summed E-state index contributed by atoms with van der Waals surface area (Å²) < 4.78 is 34.5. The van der Waals surface area contributed by atoms with Gasteiger partial charge in [0.1, 0.15) is 11.7 Å². The van der Waals surface area contributed by atoms with Crippen molar-refractivity contribution >= 4 is 22.0 Å². The zero-order valence-electron chi connectivity index (χ0n) is 14.0. The van der Waals surface area contributed by atoms with Gasteiger partial charge in [-0.05, 0) is 40.5 Å². The van der Waals surface area contributed by atoms with E-state index >= 15 is 0 Å². The topological polar surface area (TPSA) is 99.5 Å². The lowest BCUT2D eigenvalue weighted by atomic mass is 10.2. The first kappa shape index (κ1) is 17.7. The zero-order chi connectivity index (χ0) is 17.4. The Bertz CT molecular complexity index is 686. The molecule has 0 aliphatic heterocycles. The van der Waals surface area contributed by atoms with E-state index in [4.69, 9.17) is 8.92 Å². The number of rotatable bonds is 5. The van der Waals surface area contributed by atoms with E-state index in [2.05, 4.69) is 10.4 Å². The number of nitrogens with zero attached hydrogens (tertiary/aromatic N) is 2. The minimum atomic E-state index is -3.58. The Labute approximate surface area is 136 Å². The van der Waals surface area contributed by atoms with Gasteiger partial charge in [0.25, 0.3) is 10.1 Å². The van der Waals surface area contributed by atoms with Crippen LogP contribution in [0.1, 0.15) is 58.4 Å². The largest absolute Gasteiger partial charge is 0.444 e. The number of carbonyl (C=O) groups is 1. The van der Waals surface area contributed by atoms with Gasteiger partial charge in [0.2, 0.25) is 0 Å². The Balaban J connectivity index is 2.17. The summed E-state index contributed by atoms with van der Waals surface area (Å²) in [5, 5.41) is 6.88. The third-order valence-electron chi connectivity index (χ3n) is 3.02. The number of hydrogen-bond donors (Lipinski definition) is 1. The Morgan fingerprint density at radius 1 is 1.43 bits per heavy atom. The fraction of sp³-hybridized carbons (Fsp3) is 0.714. The van der Waals surface area contributed by atoms with E-state index in [1.165, 1.54) is 0 Å². The first-order chi connectivity index (χ1) is 10.4. The molecule has 1 aliphatic carbocycles. The summed E-state index contributed by atoms with van der Waals surface area (Å²) >= 11 is 0. The van der Waals surface area contributed by atoms with Crippen LogP contribution in [-0.2, 0) is 19.0 Å². The third-order valence-corrected chi connectivity index (χ3v) is 3.66. The van der Waals surface area contributed by atoms with Gasteiger partial charge >= 0.3 is 6.09 Å². The smallest absolute Gasteiger partial charge is 0.413 e. The molecule has 0 bridgehead atoms. The van der Waals surface area contributed by atoms with Crippen LogP contribution in [0, 0.1) is 0 Å². The number of amides is 1. The van der Waals surface area contributed by atoms with Gasteiger partial charge in [0.15, 0.2) is 5.82 Å². The molecule has 8 nitrogen and oxygen atoms in total. The molecule has 1 aliphatic rings. The van der Waals surface area contributed by atoms with E-state index in [1.54, 1.807) is 38.4 Å². The highest BCUT2D eigenvalue weighted by Gasteiger charge is 2.30. The van der Waals surface area contributed by atoms with Crippen LogP contribution in [0.5, 0.6) is 0 Å². The maximum atomic E-state index is 11.8. The maximum Gasteiger partial charge on any atom is 0.413 e. The molecule has 0 saturated heterocycles. The van der Waals surface area contributed by atoms with Gasteiger partial charge in [-0.15, -0.1) is 0 Å². The van der Waals surface area contributed by atoms with Crippen LogP contribution in [0.25, 0.3) is 0 Å². The minimum Gasteiger partial charge on any atom is -0.444 e. The van der Waals surface area contributed by atoms with Gasteiger partial charge < -0.3 is 4.74 Å². The predicted octanol–water partition coefficient (Wildman–Crippen LogP) is 2.60. The van der Waals surface area contributed by atoms with Crippen molar-refractivity contribution in [2.45, 2.75) is 58.3 Å². The highest BCUT2D eigenvalue weighted by molar-refractivity contribution is 7.86. The zero-order valence-corrected chi connectivity index (χ0v) is 14.8. The van der Waals surface area contributed by atoms with Crippen LogP contribution in [0.3, 0.4) is 0 Å². The molecule has 23 heavy (non-hydrogen) atoms. The van der Waals surface area contributed by atoms with Crippen molar-refractivity contribution in [3.63, 3.8) is 0 Å². The van der Waals surface area contributed by atoms with Gasteiger partial charge in [-0.3, -0.25) is 14.2 Å². The first-order valence-corrected chi connectivity index (χ1v) is 9.24. The predicted molar refractivity (Wildman–Crippen MR) is 84.7 cm³/mol. The third kappa shape index (κ3) is 5.51. The molecule has 130 valence electrons. The Hall–Kier alpha value is -1.61. The van der Waals surface area contributed by atoms with Crippen LogP contribution in [0.2, 0.25) is 0 Å². The monoisotopic (exact) mass is 345 g/mol. The molecule has 2 rings (SSSR count). The fourth-order valence-electron chi connectivity index (χ4n) is 2.10. The highest BCUT2D eigenvalue weighted by Crippen LogP contribution is 2.38. The number of ether oxygens (including phenoxy) is 1. The van der Waals surface area contributed by atoms with Gasteiger partial charge in [-0.25, -0.2) is 4.79 Å². The molecule has 1 saturated carbocycles. The molecule has 1 fully saturated rings. The van der Waals surface area contributed by atoms with Crippen molar-refractivity contribution < 1.29 is 22.1 Å². The summed E-state index contributed by atoms with van der Waals surface area (Å²) in [6.45, 7) is 6.93. The number of anilines is 1. The summed E-state index contributed by atoms with van der Waals surface area (Å²) in [6.07, 6.45) is 1.63. The second kappa shape index (κ2) is 6.12. The second-order valence-electron chi connectivity index (χ2n) is 6.70. The molecule has 1 aromatic heterocycles. The number of nitrogens with one attached hydrogen (secondary N) is 1. The van der Waals surface area contributed by atoms with Crippen LogP contribution in [0.4, 0.5) is 10.6 Å². The molecule has 1 heterocycles. The van der Waals surface area contributed by atoms with Crippen LogP contribution < -0.4 is 5.32 Å². The molecule has 1 atom stereocenters. The number of carbonyl (C=O) groups excluding carboxylic acids is 1. The standard InChI is InChI=1S/C14H23N3O5S/c1-9(22-23(5,19)20)11-8-12(16-17(11)10-6-7-10)15-13(18)21-14(2,3)4/h8-10H,6-7H2,1-5H3,(H,15,16,18).